The lowest BCUT2D eigenvalue weighted by atomic mass is 9.97. The summed E-state index contributed by atoms with van der Waals surface area (Å²) in [5.41, 5.74) is 2.23. The summed E-state index contributed by atoms with van der Waals surface area (Å²) < 4.78 is 5.21. The summed E-state index contributed by atoms with van der Waals surface area (Å²) in [6.07, 6.45) is 2.56. The van der Waals surface area contributed by atoms with Gasteiger partial charge in [-0.2, -0.15) is 0 Å². The Kier molecular flexibility index (Phi) is 4.18. The van der Waals surface area contributed by atoms with Crippen LogP contribution in [0.4, 0.5) is 0 Å². The Labute approximate surface area is 103 Å². The first-order valence-electron chi connectivity index (χ1n) is 6.55. The molecule has 0 bridgehead atoms. The van der Waals surface area contributed by atoms with Crippen LogP contribution in [0.25, 0.3) is 0 Å². The standard InChI is InChI=1S/C13H23N3O/c1-9(13-10(2)16-17-11(13)3)15-8-12-4-6-14-7-5-12/h9,12,14-15H,4-8H2,1-3H3. The van der Waals surface area contributed by atoms with Gasteiger partial charge in [0.05, 0.1) is 5.69 Å². The summed E-state index contributed by atoms with van der Waals surface area (Å²) in [6.45, 7) is 9.59. The van der Waals surface area contributed by atoms with Crippen LogP contribution in [0.1, 0.15) is 42.8 Å². The molecule has 17 heavy (non-hydrogen) atoms. The molecule has 1 aromatic rings. The van der Waals surface area contributed by atoms with E-state index in [1.807, 2.05) is 13.8 Å². The fraction of sp³-hybridized carbons (Fsp3) is 0.769. The van der Waals surface area contributed by atoms with E-state index in [0.29, 0.717) is 6.04 Å². The van der Waals surface area contributed by atoms with Crippen LogP contribution in [0.2, 0.25) is 0 Å². The van der Waals surface area contributed by atoms with Gasteiger partial charge in [0, 0.05) is 11.6 Å². The Bertz CT molecular complexity index is 336. The van der Waals surface area contributed by atoms with E-state index < -0.39 is 0 Å². The van der Waals surface area contributed by atoms with Gasteiger partial charge in [-0.15, -0.1) is 0 Å². The van der Waals surface area contributed by atoms with Gasteiger partial charge in [-0.25, -0.2) is 0 Å². The Balaban J connectivity index is 1.86. The first-order chi connectivity index (χ1) is 8.18. The predicted octanol–water partition coefficient (Wildman–Crippen LogP) is 1.94. The molecule has 1 aliphatic heterocycles. The van der Waals surface area contributed by atoms with Crippen molar-refractivity contribution in [3.8, 4) is 0 Å². The molecule has 2 rings (SSSR count). The molecular weight excluding hydrogens is 214 g/mol. The van der Waals surface area contributed by atoms with Crippen LogP contribution in [0.3, 0.4) is 0 Å². The molecule has 0 radical (unpaired) electrons. The maximum atomic E-state index is 5.21. The second-order valence-corrected chi connectivity index (χ2v) is 5.06. The molecule has 4 nitrogen and oxygen atoms in total. The molecule has 1 aliphatic rings. The van der Waals surface area contributed by atoms with Gasteiger partial charge in [0.25, 0.3) is 0 Å². The number of aromatic nitrogens is 1. The molecule has 1 fully saturated rings. The number of nitrogens with zero attached hydrogens (tertiary/aromatic N) is 1. The SMILES string of the molecule is Cc1noc(C)c1C(C)NCC1CCNCC1. The third-order valence-electron chi connectivity index (χ3n) is 3.69. The van der Waals surface area contributed by atoms with E-state index in [1.54, 1.807) is 0 Å². The Morgan fingerprint density at radius 1 is 1.41 bits per heavy atom. The maximum absolute atomic E-state index is 5.21. The Morgan fingerprint density at radius 3 is 2.71 bits per heavy atom. The summed E-state index contributed by atoms with van der Waals surface area (Å²) in [5, 5.41) is 11.0. The Hall–Kier alpha value is -0.870. The van der Waals surface area contributed by atoms with Gasteiger partial charge in [0.2, 0.25) is 0 Å². The smallest absolute Gasteiger partial charge is 0.138 e. The summed E-state index contributed by atoms with van der Waals surface area (Å²) in [6, 6.07) is 0.330. The maximum Gasteiger partial charge on any atom is 0.138 e. The van der Waals surface area contributed by atoms with Crippen molar-refractivity contribution in [2.75, 3.05) is 19.6 Å². The zero-order valence-electron chi connectivity index (χ0n) is 11.0. The number of hydrogen-bond donors (Lipinski definition) is 2. The van der Waals surface area contributed by atoms with Crippen LogP contribution >= 0.6 is 0 Å². The van der Waals surface area contributed by atoms with Crippen molar-refractivity contribution < 1.29 is 4.52 Å². The molecule has 0 spiro atoms. The van der Waals surface area contributed by atoms with E-state index in [2.05, 4.69) is 22.7 Å². The molecule has 1 atom stereocenters. The fourth-order valence-corrected chi connectivity index (χ4v) is 2.64. The van der Waals surface area contributed by atoms with Crippen molar-refractivity contribution in [2.45, 2.75) is 39.7 Å². The third-order valence-corrected chi connectivity index (χ3v) is 3.69. The van der Waals surface area contributed by atoms with Crippen molar-refractivity contribution in [1.82, 2.24) is 15.8 Å². The number of hydrogen-bond acceptors (Lipinski definition) is 4. The van der Waals surface area contributed by atoms with E-state index in [9.17, 15) is 0 Å². The zero-order chi connectivity index (χ0) is 12.3. The van der Waals surface area contributed by atoms with Gasteiger partial charge < -0.3 is 15.2 Å². The minimum absolute atomic E-state index is 0.330. The van der Waals surface area contributed by atoms with Crippen LogP contribution < -0.4 is 10.6 Å². The molecule has 0 aromatic carbocycles. The van der Waals surface area contributed by atoms with E-state index in [-0.39, 0.29) is 0 Å². The van der Waals surface area contributed by atoms with Crippen molar-refractivity contribution in [1.29, 1.82) is 0 Å². The van der Waals surface area contributed by atoms with Crippen molar-refractivity contribution >= 4 is 0 Å². The number of nitrogens with one attached hydrogen (secondary N) is 2. The summed E-state index contributed by atoms with van der Waals surface area (Å²) in [5.74, 6) is 1.74. The normalized spacial score (nSPS) is 19.5. The average Bonchev–Trinajstić information content (AvgIpc) is 2.67. The number of piperidine rings is 1. The zero-order valence-corrected chi connectivity index (χ0v) is 11.0. The summed E-state index contributed by atoms with van der Waals surface area (Å²) >= 11 is 0. The van der Waals surface area contributed by atoms with Crippen LogP contribution in [-0.2, 0) is 0 Å². The van der Waals surface area contributed by atoms with Gasteiger partial charge in [0.15, 0.2) is 0 Å². The quantitative estimate of drug-likeness (QED) is 0.840. The minimum Gasteiger partial charge on any atom is -0.361 e. The van der Waals surface area contributed by atoms with Gasteiger partial charge in [-0.3, -0.25) is 0 Å². The molecule has 4 heteroatoms. The molecule has 0 aliphatic carbocycles. The van der Waals surface area contributed by atoms with Crippen LogP contribution in [-0.4, -0.2) is 24.8 Å². The molecule has 96 valence electrons. The minimum atomic E-state index is 0.330. The topological polar surface area (TPSA) is 50.1 Å². The highest BCUT2D eigenvalue weighted by Gasteiger charge is 2.18. The summed E-state index contributed by atoms with van der Waals surface area (Å²) in [4.78, 5) is 0. The lowest BCUT2D eigenvalue weighted by Crippen LogP contribution is -2.34. The van der Waals surface area contributed by atoms with Crippen molar-refractivity contribution in [3.05, 3.63) is 17.0 Å². The van der Waals surface area contributed by atoms with E-state index >= 15 is 0 Å². The number of rotatable bonds is 4. The van der Waals surface area contributed by atoms with E-state index in [0.717, 1.165) is 37.0 Å². The summed E-state index contributed by atoms with van der Waals surface area (Å²) in [7, 11) is 0. The Morgan fingerprint density at radius 2 is 2.12 bits per heavy atom. The van der Waals surface area contributed by atoms with Gasteiger partial charge in [0.1, 0.15) is 5.76 Å². The lowest BCUT2D eigenvalue weighted by Gasteiger charge is -2.24. The second-order valence-electron chi connectivity index (χ2n) is 5.06. The van der Waals surface area contributed by atoms with Gasteiger partial charge in [-0.1, -0.05) is 5.16 Å². The second kappa shape index (κ2) is 5.65. The molecule has 1 aromatic heterocycles. The highest BCUT2D eigenvalue weighted by atomic mass is 16.5. The molecule has 1 unspecified atom stereocenters. The number of aryl methyl sites for hydroxylation is 2. The highest BCUT2D eigenvalue weighted by molar-refractivity contribution is 5.24. The highest BCUT2D eigenvalue weighted by Crippen LogP contribution is 2.21. The van der Waals surface area contributed by atoms with Crippen molar-refractivity contribution in [2.24, 2.45) is 5.92 Å². The third kappa shape index (κ3) is 3.07. The first-order valence-corrected chi connectivity index (χ1v) is 6.55. The molecule has 0 amide bonds. The average molecular weight is 237 g/mol. The first kappa shape index (κ1) is 12.6. The van der Waals surface area contributed by atoms with Crippen LogP contribution in [0.15, 0.2) is 4.52 Å². The molecular formula is C13H23N3O. The fourth-order valence-electron chi connectivity index (χ4n) is 2.64. The predicted molar refractivity (Wildman–Crippen MR) is 68.0 cm³/mol. The van der Waals surface area contributed by atoms with Gasteiger partial charge in [-0.05, 0) is 59.2 Å². The molecule has 1 saturated heterocycles. The van der Waals surface area contributed by atoms with E-state index in [1.165, 1.54) is 18.4 Å². The largest absolute Gasteiger partial charge is 0.361 e. The van der Waals surface area contributed by atoms with Crippen LogP contribution in [0, 0.1) is 19.8 Å². The van der Waals surface area contributed by atoms with Crippen LogP contribution in [0.5, 0.6) is 0 Å². The lowest BCUT2D eigenvalue weighted by molar-refractivity contribution is 0.343. The monoisotopic (exact) mass is 237 g/mol. The molecule has 0 saturated carbocycles. The molecule has 2 N–H and O–H groups in total. The van der Waals surface area contributed by atoms with Gasteiger partial charge >= 0.3 is 0 Å². The van der Waals surface area contributed by atoms with E-state index in [4.69, 9.17) is 4.52 Å². The molecule has 2 heterocycles. The van der Waals surface area contributed by atoms with Crippen molar-refractivity contribution in [3.63, 3.8) is 0 Å².